The monoisotopic (exact) mass is 208 g/mol. The molecule has 0 bridgehead atoms. The molecule has 1 aliphatic rings. The van der Waals surface area contributed by atoms with Crippen molar-refractivity contribution in [2.75, 3.05) is 12.3 Å². The first-order chi connectivity index (χ1) is 7.16. The second-order valence-corrected chi connectivity index (χ2v) is 3.72. The lowest BCUT2D eigenvalue weighted by atomic mass is 10.1. The number of H-pyrrole nitrogens is 1. The van der Waals surface area contributed by atoms with Crippen molar-refractivity contribution < 1.29 is 0 Å². The minimum Gasteiger partial charge on any atom is -0.370 e. The summed E-state index contributed by atoms with van der Waals surface area (Å²) < 4.78 is 0. The second-order valence-electron chi connectivity index (χ2n) is 3.72. The van der Waals surface area contributed by atoms with Gasteiger partial charge in [-0.25, -0.2) is 4.98 Å². The number of anilines is 1. The summed E-state index contributed by atoms with van der Waals surface area (Å²) >= 11 is 0. The Morgan fingerprint density at radius 1 is 1.40 bits per heavy atom. The molecule has 2 heterocycles. The average Bonchev–Trinajstić information content (AvgIpc) is 2.54. The van der Waals surface area contributed by atoms with Crippen molar-refractivity contribution in [1.82, 2.24) is 15.3 Å². The van der Waals surface area contributed by atoms with Crippen LogP contribution in [-0.2, 0) is 6.42 Å². The van der Waals surface area contributed by atoms with Crippen LogP contribution in [0.15, 0.2) is 4.99 Å². The van der Waals surface area contributed by atoms with E-state index in [1.165, 1.54) is 0 Å². The summed E-state index contributed by atoms with van der Waals surface area (Å²) in [6.45, 7) is 2.72. The molecule has 0 saturated heterocycles. The third kappa shape index (κ3) is 2.03. The molecule has 0 aliphatic carbocycles. The molecule has 6 nitrogen and oxygen atoms in total. The van der Waals surface area contributed by atoms with E-state index in [0.29, 0.717) is 11.9 Å². The van der Waals surface area contributed by atoms with Crippen molar-refractivity contribution in [3.63, 3.8) is 0 Å². The Labute approximate surface area is 88.2 Å². The van der Waals surface area contributed by atoms with E-state index in [0.717, 1.165) is 30.8 Å². The van der Waals surface area contributed by atoms with Crippen LogP contribution >= 0.6 is 0 Å². The first-order valence-electron chi connectivity index (χ1n) is 5.07. The van der Waals surface area contributed by atoms with Gasteiger partial charge in [0, 0.05) is 12.2 Å². The number of fused-ring (bicyclic) bond motifs is 1. The van der Waals surface area contributed by atoms with Gasteiger partial charge in [-0.3, -0.25) is 4.99 Å². The summed E-state index contributed by atoms with van der Waals surface area (Å²) in [7, 11) is 0. The van der Waals surface area contributed by atoms with Crippen molar-refractivity contribution in [1.29, 1.82) is 0 Å². The van der Waals surface area contributed by atoms with Crippen LogP contribution in [0.1, 0.15) is 30.8 Å². The smallest absolute Gasteiger partial charge is 0.197 e. The fourth-order valence-electron chi connectivity index (χ4n) is 1.78. The zero-order valence-corrected chi connectivity index (χ0v) is 8.75. The number of nitrogens with zero attached hydrogens (tertiary/aromatic N) is 2. The Hall–Kier alpha value is -1.72. The van der Waals surface area contributed by atoms with Crippen LogP contribution in [0.5, 0.6) is 0 Å². The lowest BCUT2D eigenvalue weighted by Gasteiger charge is -2.12. The van der Waals surface area contributed by atoms with E-state index in [1.807, 2.05) is 6.92 Å². The molecule has 0 spiro atoms. The number of nitrogens with one attached hydrogen (secondary N) is 2. The maximum Gasteiger partial charge on any atom is 0.197 e. The number of nitrogens with two attached hydrogens (primary N) is 2. The Morgan fingerprint density at radius 3 is 3.00 bits per heavy atom. The van der Waals surface area contributed by atoms with Crippen LogP contribution in [0, 0.1) is 0 Å². The number of guanidine groups is 1. The minimum atomic E-state index is 0.0374. The Kier molecular flexibility index (Phi) is 2.49. The van der Waals surface area contributed by atoms with Crippen LogP contribution < -0.4 is 16.8 Å². The zero-order chi connectivity index (χ0) is 10.8. The second kappa shape index (κ2) is 3.80. The minimum absolute atomic E-state index is 0.0374. The Balaban J connectivity index is 2.32. The maximum absolute atomic E-state index is 5.70. The van der Waals surface area contributed by atoms with Gasteiger partial charge in [-0.05, 0) is 19.8 Å². The van der Waals surface area contributed by atoms with Gasteiger partial charge in [-0.2, -0.15) is 0 Å². The predicted molar refractivity (Wildman–Crippen MR) is 59.4 cm³/mol. The molecule has 1 aromatic rings. The molecule has 6 heteroatoms. The van der Waals surface area contributed by atoms with E-state index < -0.39 is 0 Å². The van der Waals surface area contributed by atoms with E-state index in [4.69, 9.17) is 11.5 Å². The van der Waals surface area contributed by atoms with Crippen molar-refractivity contribution in [2.24, 2.45) is 10.7 Å². The van der Waals surface area contributed by atoms with Gasteiger partial charge in [-0.1, -0.05) is 0 Å². The first kappa shape index (κ1) is 9.82. The maximum atomic E-state index is 5.70. The summed E-state index contributed by atoms with van der Waals surface area (Å²) in [4.78, 5) is 11.5. The molecular formula is C9H16N6. The van der Waals surface area contributed by atoms with Gasteiger partial charge in [0.05, 0.1) is 11.7 Å². The molecule has 0 aromatic carbocycles. The summed E-state index contributed by atoms with van der Waals surface area (Å²) in [5, 5.41) is 3.08. The fourth-order valence-corrected chi connectivity index (χ4v) is 1.78. The highest BCUT2D eigenvalue weighted by Gasteiger charge is 2.16. The van der Waals surface area contributed by atoms with Crippen molar-refractivity contribution >= 4 is 11.9 Å². The van der Waals surface area contributed by atoms with Gasteiger partial charge in [-0.15, -0.1) is 0 Å². The molecule has 0 saturated carbocycles. The number of aromatic amines is 1. The SMILES string of the molecule is C[C@@H]1NC(N)=NCCCc2[nH]c(N)nc21. The third-order valence-electron chi connectivity index (χ3n) is 2.47. The molecule has 2 rings (SSSR count). The number of aryl methyl sites for hydroxylation is 1. The normalized spacial score (nSPS) is 21.7. The standard InChI is InChI=1S/C9H16N6/c1-5-7-6(14-9(11)15-7)3-2-4-12-8(10)13-5/h5H,2-4H2,1H3,(H3,10,12,13)(H3,11,14,15)/t5-/m0/s1. The third-order valence-corrected chi connectivity index (χ3v) is 2.47. The van der Waals surface area contributed by atoms with Crippen molar-refractivity contribution in [3.8, 4) is 0 Å². The quantitative estimate of drug-likeness (QED) is 0.478. The largest absolute Gasteiger partial charge is 0.370 e. The van der Waals surface area contributed by atoms with Gasteiger partial charge in [0.2, 0.25) is 0 Å². The first-order valence-corrected chi connectivity index (χ1v) is 5.07. The van der Waals surface area contributed by atoms with Gasteiger partial charge in [0.1, 0.15) is 0 Å². The molecule has 6 N–H and O–H groups in total. The van der Waals surface area contributed by atoms with Gasteiger partial charge in [0.25, 0.3) is 0 Å². The number of aliphatic imine (C=N–C) groups is 1. The number of nitrogen functional groups attached to an aromatic ring is 1. The summed E-state index contributed by atoms with van der Waals surface area (Å²) in [5.41, 5.74) is 13.4. The molecular weight excluding hydrogens is 192 g/mol. The van der Waals surface area contributed by atoms with Crippen LogP contribution in [0.4, 0.5) is 5.95 Å². The molecule has 0 radical (unpaired) electrons. The van der Waals surface area contributed by atoms with Crippen LogP contribution in [0.2, 0.25) is 0 Å². The number of hydrogen-bond acceptors (Lipinski definition) is 5. The predicted octanol–water partition coefficient (Wildman–Crippen LogP) is -0.0966. The van der Waals surface area contributed by atoms with E-state index >= 15 is 0 Å². The highest BCUT2D eigenvalue weighted by Crippen LogP contribution is 2.18. The van der Waals surface area contributed by atoms with Gasteiger partial charge in [0.15, 0.2) is 11.9 Å². The number of hydrogen-bond donors (Lipinski definition) is 4. The average molecular weight is 208 g/mol. The molecule has 0 unspecified atom stereocenters. The Bertz CT molecular complexity index is 380. The van der Waals surface area contributed by atoms with E-state index in [1.54, 1.807) is 0 Å². The van der Waals surface area contributed by atoms with Gasteiger partial charge >= 0.3 is 0 Å². The fraction of sp³-hybridized carbons (Fsp3) is 0.556. The molecule has 0 amide bonds. The van der Waals surface area contributed by atoms with Crippen LogP contribution in [0.25, 0.3) is 0 Å². The summed E-state index contributed by atoms with van der Waals surface area (Å²) in [6, 6.07) is 0.0374. The van der Waals surface area contributed by atoms with Gasteiger partial charge < -0.3 is 21.8 Å². The van der Waals surface area contributed by atoms with Crippen LogP contribution in [-0.4, -0.2) is 22.5 Å². The molecule has 1 aromatic heterocycles. The lowest BCUT2D eigenvalue weighted by Crippen LogP contribution is -2.34. The summed E-state index contributed by atoms with van der Waals surface area (Å²) in [5.74, 6) is 0.932. The molecule has 15 heavy (non-hydrogen) atoms. The number of rotatable bonds is 0. The van der Waals surface area contributed by atoms with E-state index in [2.05, 4.69) is 20.3 Å². The Morgan fingerprint density at radius 2 is 2.20 bits per heavy atom. The molecule has 0 fully saturated rings. The van der Waals surface area contributed by atoms with Crippen molar-refractivity contribution in [3.05, 3.63) is 11.4 Å². The van der Waals surface area contributed by atoms with E-state index in [9.17, 15) is 0 Å². The summed E-state index contributed by atoms with van der Waals surface area (Å²) in [6.07, 6.45) is 1.85. The zero-order valence-electron chi connectivity index (χ0n) is 8.75. The van der Waals surface area contributed by atoms with Crippen LogP contribution in [0.3, 0.4) is 0 Å². The molecule has 1 aliphatic heterocycles. The molecule has 1 atom stereocenters. The van der Waals surface area contributed by atoms with E-state index in [-0.39, 0.29) is 6.04 Å². The number of imidazole rings is 1. The highest BCUT2D eigenvalue weighted by molar-refractivity contribution is 5.78. The number of aromatic nitrogens is 2. The highest BCUT2D eigenvalue weighted by atomic mass is 15.1. The molecule has 82 valence electrons. The topological polar surface area (TPSA) is 105 Å². The lowest BCUT2D eigenvalue weighted by molar-refractivity contribution is 0.684. The van der Waals surface area contributed by atoms with Crippen molar-refractivity contribution in [2.45, 2.75) is 25.8 Å².